The summed E-state index contributed by atoms with van der Waals surface area (Å²) in [5.41, 5.74) is 0.445. The fourth-order valence-electron chi connectivity index (χ4n) is 2.52. The van der Waals surface area contributed by atoms with Crippen LogP contribution in [-0.2, 0) is 17.2 Å². The molecule has 0 unspecified atom stereocenters. The van der Waals surface area contributed by atoms with Gasteiger partial charge in [0.05, 0.1) is 6.57 Å². The molecule has 0 atom stereocenters. The molecule has 0 aliphatic carbocycles. The van der Waals surface area contributed by atoms with Gasteiger partial charge in [-0.1, -0.05) is 72.8 Å². The normalized spacial score (nSPS) is 10.5. The van der Waals surface area contributed by atoms with Crippen LogP contribution in [0, 0.1) is 6.57 Å². The smallest absolute Gasteiger partial charge is 0.779 e. The second kappa shape index (κ2) is 7.85. The Kier molecular flexibility index (Phi) is 6.06. The first-order chi connectivity index (χ1) is 11.2. The number of benzene rings is 3. The first kappa shape index (κ1) is 18.5. The predicted octanol–water partition coefficient (Wildman–Crippen LogP) is 0.787. The van der Waals surface area contributed by atoms with Gasteiger partial charge in [0.1, 0.15) is 0 Å². The largest absolute Gasteiger partial charge is 1.00 e. The van der Waals surface area contributed by atoms with Crippen molar-refractivity contribution >= 4 is 41.4 Å². The van der Waals surface area contributed by atoms with Crippen molar-refractivity contribution in [1.29, 1.82) is 0 Å². The zero-order chi connectivity index (χ0) is 16.3. The van der Waals surface area contributed by atoms with Crippen molar-refractivity contribution in [1.82, 2.24) is 0 Å². The van der Waals surface area contributed by atoms with E-state index in [2.05, 4.69) is 4.85 Å². The summed E-state index contributed by atoms with van der Waals surface area (Å²) in [6.07, 6.45) is 0. The molecule has 0 fully saturated rings. The molecule has 0 radical (unpaired) electrons. The van der Waals surface area contributed by atoms with Crippen molar-refractivity contribution in [3.63, 3.8) is 0 Å². The topological polar surface area (TPSA) is 21.4 Å². The summed E-state index contributed by atoms with van der Waals surface area (Å²) >= 11 is 5.43. The van der Waals surface area contributed by atoms with Crippen molar-refractivity contribution in [3.8, 4) is 0 Å². The Bertz CT molecular complexity index is 880. The van der Waals surface area contributed by atoms with Gasteiger partial charge in [0, 0.05) is 10.6 Å². The molecule has 0 amide bonds. The molecule has 0 aliphatic rings. The third-order valence-corrected chi connectivity index (χ3v) is 7.26. The fourth-order valence-corrected chi connectivity index (χ4v) is 5.77. The van der Waals surface area contributed by atoms with E-state index in [1.54, 1.807) is 18.2 Å². The molecular weight excluding hydrogens is 328 g/mol. The summed E-state index contributed by atoms with van der Waals surface area (Å²) in [5.74, 6) is 0. The Labute approximate surface area is 159 Å². The van der Waals surface area contributed by atoms with E-state index in [-0.39, 0.29) is 18.9 Å². The summed E-state index contributed by atoms with van der Waals surface area (Å²) in [6.45, 7) is 7.23. The van der Waals surface area contributed by atoms with E-state index in [0.717, 1.165) is 10.6 Å². The number of rotatable bonds is 3. The van der Waals surface area contributed by atoms with Crippen LogP contribution in [0.15, 0.2) is 83.8 Å². The van der Waals surface area contributed by atoms with Gasteiger partial charge < -0.3 is 17.2 Å². The van der Waals surface area contributed by atoms with Crippen molar-refractivity contribution in [2.75, 3.05) is 0 Å². The second-order valence-electron chi connectivity index (χ2n) is 5.04. The fraction of sp³-hybridized carbons (Fsp3) is 0. The molecule has 0 aromatic heterocycles. The van der Waals surface area contributed by atoms with Crippen molar-refractivity contribution in [3.05, 3.63) is 90.3 Å². The van der Waals surface area contributed by atoms with Gasteiger partial charge in [0.25, 0.3) is 0 Å². The number of nitrogens with zero attached hydrogens (tertiary/aromatic N) is 1. The first-order valence-electron chi connectivity index (χ1n) is 7.06. The van der Waals surface area contributed by atoms with Crippen LogP contribution < -0.4 is 34.8 Å². The van der Waals surface area contributed by atoms with E-state index in [4.69, 9.17) is 19.2 Å². The second-order valence-corrected chi connectivity index (χ2v) is 8.22. The van der Waals surface area contributed by atoms with E-state index >= 15 is 0 Å². The SMILES string of the molecule is [C-]#[N+]c1ccc([S-])c(P(=O)(c2ccccc2)c2ccccc2)c1.[Li+]. The van der Waals surface area contributed by atoms with Crippen LogP contribution in [0.2, 0.25) is 0 Å². The first-order valence-corrected chi connectivity index (χ1v) is 9.18. The van der Waals surface area contributed by atoms with E-state index in [0.29, 0.717) is 15.9 Å². The Morgan fingerprint density at radius 3 is 1.79 bits per heavy atom. The maximum absolute atomic E-state index is 14.1. The van der Waals surface area contributed by atoms with E-state index in [1.807, 2.05) is 60.7 Å². The van der Waals surface area contributed by atoms with Crippen LogP contribution in [0.4, 0.5) is 5.69 Å². The monoisotopic (exact) mass is 341 g/mol. The van der Waals surface area contributed by atoms with Gasteiger partial charge in [-0.15, -0.1) is 0 Å². The predicted molar refractivity (Wildman–Crippen MR) is 97.7 cm³/mol. The summed E-state index contributed by atoms with van der Waals surface area (Å²) in [5, 5.41) is 2.00. The minimum atomic E-state index is -3.10. The van der Waals surface area contributed by atoms with Crippen LogP contribution in [-0.4, -0.2) is 0 Å². The molecule has 5 heteroatoms. The molecule has 0 N–H and O–H groups in total. The molecule has 24 heavy (non-hydrogen) atoms. The quantitative estimate of drug-likeness (QED) is 0.304. The molecule has 0 heterocycles. The maximum atomic E-state index is 14.1. The molecule has 112 valence electrons. The Balaban J connectivity index is 0.00000208. The van der Waals surface area contributed by atoms with Gasteiger partial charge in [0.2, 0.25) is 0 Å². The standard InChI is InChI=1S/C19H14NOPS.Li/c1-20-15-12-13-19(23)18(14-15)22(21,16-8-4-2-5-9-16)17-10-6-3-7-11-17;/h2-14,23H;/q;+1/p-1. The van der Waals surface area contributed by atoms with Crippen molar-refractivity contribution in [2.45, 2.75) is 4.90 Å². The average molecular weight is 341 g/mol. The summed E-state index contributed by atoms with van der Waals surface area (Å²) < 4.78 is 14.1. The molecule has 2 nitrogen and oxygen atoms in total. The molecular formula is C19H13LiNOPS. The minimum Gasteiger partial charge on any atom is -0.779 e. The Morgan fingerprint density at radius 2 is 1.33 bits per heavy atom. The summed E-state index contributed by atoms with van der Waals surface area (Å²) in [6, 6.07) is 23.7. The molecule has 0 saturated carbocycles. The van der Waals surface area contributed by atoms with E-state index in [1.165, 1.54) is 0 Å². The summed E-state index contributed by atoms with van der Waals surface area (Å²) in [4.78, 5) is 3.98. The van der Waals surface area contributed by atoms with Crippen LogP contribution in [0.5, 0.6) is 0 Å². The third-order valence-electron chi connectivity index (χ3n) is 3.65. The zero-order valence-corrected chi connectivity index (χ0v) is 14.9. The van der Waals surface area contributed by atoms with Gasteiger partial charge >= 0.3 is 18.9 Å². The summed E-state index contributed by atoms with van der Waals surface area (Å²) in [7, 11) is -3.10. The van der Waals surface area contributed by atoms with Gasteiger partial charge in [0.15, 0.2) is 12.8 Å². The number of hydrogen-bond acceptors (Lipinski definition) is 2. The minimum absolute atomic E-state index is 0. The molecule has 3 rings (SSSR count). The van der Waals surface area contributed by atoms with Gasteiger partial charge in [-0.3, -0.25) is 0 Å². The van der Waals surface area contributed by atoms with Crippen molar-refractivity contribution < 1.29 is 23.4 Å². The van der Waals surface area contributed by atoms with E-state index in [9.17, 15) is 4.57 Å². The van der Waals surface area contributed by atoms with E-state index < -0.39 is 7.14 Å². The van der Waals surface area contributed by atoms with Gasteiger partial charge in [-0.25, -0.2) is 4.85 Å². The molecule has 0 aliphatic heterocycles. The van der Waals surface area contributed by atoms with Crippen LogP contribution >= 0.6 is 7.14 Å². The third kappa shape index (κ3) is 3.34. The molecule has 3 aromatic rings. The average Bonchev–Trinajstić information content (AvgIpc) is 2.63. The van der Waals surface area contributed by atoms with Crippen molar-refractivity contribution in [2.24, 2.45) is 0 Å². The molecule has 0 bridgehead atoms. The van der Waals surface area contributed by atoms with Crippen LogP contribution in [0.1, 0.15) is 0 Å². The maximum Gasteiger partial charge on any atom is 1.00 e. The van der Waals surface area contributed by atoms with Gasteiger partial charge in [-0.2, -0.15) is 4.90 Å². The Hall–Kier alpha value is -1.80. The number of hydrogen-bond donors (Lipinski definition) is 0. The van der Waals surface area contributed by atoms with Crippen LogP contribution in [0.25, 0.3) is 4.85 Å². The Morgan fingerprint density at radius 1 is 0.833 bits per heavy atom. The zero-order valence-electron chi connectivity index (χ0n) is 13.2. The molecule has 3 aromatic carbocycles. The molecule has 0 saturated heterocycles. The molecule has 0 spiro atoms. The van der Waals surface area contributed by atoms with Crippen LogP contribution in [0.3, 0.4) is 0 Å². The van der Waals surface area contributed by atoms with Gasteiger partial charge in [-0.05, 0) is 11.4 Å².